The number of alkyl halides is 1. The van der Waals surface area contributed by atoms with Crippen LogP contribution in [0.1, 0.15) is 52.6 Å². The first-order valence-corrected chi connectivity index (χ1v) is 16.3. The highest BCUT2D eigenvalue weighted by Crippen LogP contribution is 2.31. The Labute approximate surface area is 285 Å². The van der Waals surface area contributed by atoms with Crippen molar-refractivity contribution in [3.63, 3.8) is 0 Å². The van der Waals surface area contributed by atoms with Gasteiger partial charge in [-0.3, -0.25) is 19.2 Å². The quantitative estimate of drug-likeness (QED) is 0.189. The van der Waals surface area contributed by atoms with E-state index in [0.717, 1.165) is 22.3 Å². The SMILES string of the molecule is Cc1c(NC(=O)c2ccc(C(C)(C)C)cc2)cccc1-c1cc(Nc2ccc(C(=O)N3CCOCC3)c(NC(=O)CCl)c2)c(=O)n(C)c1. The van der Waals surface area contributed by atoms with Crippen molar-refractivity contribution in [2.75, 3.05) is 48.1 Å². The zero-order valence-electron chi connectivity index (χ0n) is 27.8. The summed E-state index contributed by atoms with van der Waals surface area (Å²) in [5, 5.41) is 8.92. The van der Waals surface area contributed by atoms with E-state index in [1.165, 1.54) is 4.57 Å². The van der Waals surface area contributed by atoms with E-state index < -0.39 is 5.91 Å². The van der Waals surface area contributed by atoms with Crippen molar-refractivity contribution < 1.29 is 19.1 Å². The van der Waals surface area contributed by atoms with Crippen molar-refractivity contribution in [2.24, 2.45) is 7.05 Å². The number of carbonyl (C=O) groups is 3. The summed E-state index contributed by atoms with van der Waals surface area (Å²) in [6, 6.07) is 19.9. The summed E-state index contributed by atoms with van der Waals surface area (Å²) in [5.74, 6) is -1.20. The summed E-state index contributed by atoms with van der Waals surface area (Å²) >= 11 is 5.76. The number of pyridine rings is 1. The van der Waals surface area contributed by atoms with Crippen LogP contribution in [0.3, 0.4) is 0 Å². The monoisotopic (exact) mass is 669 g/mol. The van der Waals surface area contributed by atoms with E-state index in [4.69, 9.17) is 16.3 Å². The molecule has 10 nitrogen and oxygen atoms in total. The molecule has 5 rings (SSSR count). The number of hydrogen-bond donors (Lipinski definition) is 3. The molecule has 0 atom stereocenters. The second-order valence-electron chi connectivity index (χ2n) is 12.8. The number of aryl methyl sites for hydroxylation is 1. The molecule has 2 heterocycles. The number of amides is 3. The number of halogens is 1. The highest BCUT2D eigenvalue weighted by atomic mass is 35.5. The third-order valence-corrected chi connectivity index (χ3v) is 8.55. The molecule has 11 heteroatoms. The summed E-state index contributed by atoms with van der Waals surface area (Å²) in [6.07, 6.45) is 1.74. The molecule has 3 N–H and O–H groups in total. The molecule has 250 valence electrons. The van der Waals surface area contributed by atoms with Gasteiger partial charge in [-0.2, -0.15) is 0 Å². The van der Waals surface area contributed by atoms with Crippen LogP contribution < -0.4 is 21.5 Å². The molecular weight excluding hydrogens is 630 g/mol. The molecule has 0 spiro atoms. The Balaban J connectivity index is 1.42. The number of nitrogens with zero attached hydrogens (tertiary/aromatic N) is 2. The van der Waals surface area contributed by atoms with Crippen LogP contribution in [-0.2, 0) is 22.0 Å². The number of hydrogen-bond acceptors (Lipinski definition) is 6. The Hall–Kier alpha value is -4.93. The van der Waals surface area contributed by atoms with Gasteiger partial charge < -0.3 is 30.2 Å². The maximum Gasteiger partial charge on any atom is 0.274 e. The zero-order valence-corrected chi connectivity index (χ0v) is 28.5. The van der Waals surface area contributed by atoms with Crippen LogP contribution in [0, 0.1) is 6.92 Å². The van der Waals surface area contributed by atoms with Crippen LogP contribution >= 0.6 is 11.6 Å². The lowest BCUT2D eigenvalue weighted by Crippen LogP contribution is -2.41. The third-order valence-electron chi connectivity index (χ3n) is 8.31. The van der Waals surface area contributed by atoms with E-state index in [0.29, 0.717) is 48.8 Å². The second kappa shape index (κ2) is 14.5. The summed E-state index contributed by atoms with van der Waals surface area (Å²) in [4.78, 5) is 53.7. The van der Waals surface area contributed by atoms with Crippen LogP contribution in [0.15, 0.2) is 77.7 Å². The van der Waals surface area contributed by atoms with Gasteiger partial charge in [0.05, 0.1) is 24.5 Å². The largest absolute Gasteiger partial charge is 0.378 e. The Bertz CT molecular complexity index is 1910. The lowest BCUT2D eigenvalue weighted by atomic mass is 9.86. The molecule has 48 heavy (non-hydrogen) atoms. The van der Waals surface area contributed by atoms with Gasteiger partial charge in [-0.15, -0.1) is 11.6 Å². The van der Waals surface area contributed by atoms with Gasteiger partial charge >= 0.3 is 0 Å². The zero-order chi connectivity index (χ0) is 34.6. The summed E-state index contributed by atoms with van der Waals surface area (Å²) in [5.41, 5.74) is 5.83. The Morgan fingerprint density at radius 2 is 1.60 bits per heavy atom. The molecule has 1 aliphatic heterocycles. The van der Waals surface area contributed by atoms with Crippen LogP contribution in [0.2, 0.25) is 0 Å². The van der Waals surface area contributed by atoms with Crippen molar-refractivity contribution in [1.82, 2.24) is 9.47 Å². The summed E-state index contributed by atoms with van der Waals surface area (Å²) in [7, 11) is 1.66. The smallest absolute Gasteiger partial charge is 0.274 e. The number of ether oxygens (including phenoxy) is 1. The number of morpholine rings is 1. The Kier molecular flexibility index (Phi) is 10.4. The molecule has 1 aromatic heterocycles. The number of nitrogens with one attached hydrogen (secondary N) is 3. The highest BCUT2D eigenvalue weighted by Gasteiger charge is 2.23. The molecule has 0 radical (unpaired) electrons. The van der Waals surface area contributed by atoms with Crippen molar-refractivity contribution in [2.45, 2.75) is 33.1 Å². The van der Waals surface area contributed by atoms with Gasteiger partial charge in [-0.25, -0.2) is 0 Å². The third kappa shape index (κ3) is 7.78. The minimum absolute atomic E-state index is 0.0165. The van der Waals surface area contributed by atoms with Gasteiger partial charge in [-0.1, -0.05) is 45.0 Å². The first-order chi connectivity index (χ1) is 22.8. The van der Waals surface area contributed by atoms with Gasteiger partial charge in [-0.05, 0) is 71.5 Å². The van der Waals surface area contributed by atoms with Gasteiger partial charge in [0.2, 0.25) is 5.91 Å². The maximum atomic E-state index is 13.3. The number of aromatic nitrogens is 1. The van der Waals surface area contributed by atoms with Crippen LogP contribution in [0.4, 0.5) is 22.7 Å². The van der Waals surface area contributed by atoms with E-state index in [1.807, 2.05) is 49.4 Å². The topological polar surface area (TPSA) is 122 Å². The predicted molar refractivity (Wildman–Crippen MR) is 191 cm³/mol. The van der Waals surface area contributed by atoms with Gasteiger partial charge in [0.25, 0.3) is 17.4 Å². The molecule has 3 amide bonds. The van der Waals surface area contributed by atoms with Crippen LogP contribution in [-0.4, -0.2) is 59.4 Å². The van der Waals surface area contributed by atoms with E-state index in [-0.39, 0.29) is 40.0 Å². The van der Waals surface area contributed by atoms with E-state index in [1.54, 1.807) is 42.4 Å². The maximum absolute atomic E-state index is 13.3. The number of anilines is 4. The molecule has 1 aliphatic rings. The molecule has 0 saturated carbocycles. The van der Waals surface area contributed by atoms with Gasteiger partial charge in [0, 0.05) is 48.8 Å². The van der Waals surface area contributed by atoms with Crippen molar-refractivity contribution in [1.29, 1.82) is 0 Å². The molecule has 1 saturated heterocycles. The van der Waals surface area contributed by atoms with Gasteiger partial charge in [0.15, 0.2) is 0 Å². The fourth-order valence-corrected chi connectivity index (χ4v) is 5.60. The van der Waals surface area contributed by atoms with E-state index in [2.05, 4.69) is 36.7 Å². The first-order valence-electron chi connectivity index (χ1n) is 15.7. The molecule has 3 aromatic carbocycles. The average molecular weight is 670 g/mol. The molecule has 0 unspecified atom stereocenters. The molecule has 4 aromatic rings. The van der Waals surface area contributed by atoms with E-state index in [9.17, 15) is 19.2 Å². The molecule has 1 fully saturated rings. The fourth-order valence-electron chi connectivity index (χ4n) is 5.54. The minimum Gasteiger partial charge on any atom is -0.378 e. The number of rotatable bonds is 8. The minimum atomic E-state index is -0.466. The first kappa shape index (κ1) is 34.4. The summed E-state index contributed by atoms with van der Waals surface area (Å²) in [6.45, 7) is 10.1. The lowest BCUT2D eigenvalue weighted by Gasteiger charge is -2.27. The van der Waals surface area contributed by atoms with Crippen molar-refractivity contribution in [3.8, 4) is 11.1 Å². The molecule has 0 aliphatic carbocycles. The number of carbonyl (C=O) groups excluding carboxylic acids is 3. The molecule has 0 bridgehead atoms. The lowest BCUT2D eigenvalue weighted by molar-refractivity contribution is -0.113. The average Bonchev–Trinajstić information content (AvgIpc) is 3.07. The highest BCUT2D eigenvalue weighted by molar-refractivity contribution is 6.29. The second-order valence-corrected chi connectivity index (χ2v) is 13.1. The molecular formula is C37H40ClN5O5. The van der Waals surface area contributed by atoms with E-state index >= 15 is 0 Å². The number of benzene rings is 3. The van der Waals surface area contributed by atoms with Crippen molar-refractivity contribution >= 4 is 52.1 Å². The fraction of sp³-hybridized carbons (Fsp3) is 0.297. The predicted octanol–water partition coefficient (Wildman–Crippen LogP) is 6.30. The van der Waals surface area contributed by atoms with Crippen molar-refractivity contribution in [3.05, 3.63) is 106 Å². The van der Waals surface area contributed by atoms with Gasteiger partial charge in [0.1, 0.15) is 11.6 Å². The Morgan fingerprint density at radius 1 is 0.896 bits per heavy atom. The standard InChI is InChI=1S/C37H40ClN5O5/c1-23-28(7-6-8-30(23)41-34(45)24-9-11-26(12-10-24)37(2,3)4)25-19-32(36(47)42(5)22-25)39-27-13-14-29(31(20-27)40-33(44)21-38)35(46)43-15-17-48-18-16-43/h6-14,19-20,22,39H,15-18,21H2,1-5H3,(H,40,44)(H,41,45). The normalized spacial score (nSPS) is 13.2. The Morgan fingerprint density at radius 3 is 2.27 bits per heavy atom. The summed E-state index contributed by atoms with van der Waals surface area (Å²) < 4.78 is 6.84. The van der Waals surface area contributed by atoms with Crippen LogP contribution in [0.5, 0.6) is 0 Å². The van der Waals surface area contributed by atoms with Crippen LogP contribution in [0.25, 0.3) is 11.1 Å².